The van der Waals surface area contributed by atoms with Gasteiger partial charge in [-0.25, -0.2) is 14.4 Å². The molecular weight excluding hydrogens is 605 g/mol. The molecule has 3 aliphatic heterocycles. The van der Waals surface area contributed by atoms with E-state index < -0.39 is 52.9 Å². The van der Waals surface area contributed by atoms with E-state index in [1.165, 1.54) is 18.4 Å². The number of hydrogen-bond acceptors (Lipinski definition) is 9. The van der Waals surface area contributed by atoms with Crippen LogP contribution in [-0.4, -0.2) is 102 Å². The maximum atomic E-state index is 13.9. The van der Waals surface area contributed by atoms with Gasteiger partial charge in [0, 0.05) is 19.0 Å². The number of alkyl carbamates (subject to hydrolysis) is 1. The van der Waals surface area contributed by atoms with Crippen molar-refractivity contribution < 1.29 is 42.7 Å². The first-order chi connectivity index (χ1) is 21.6. The van der Waals surface area contributed by atoms with Gasteiger partial charge in [-0.3, -0.25) is 9.69 Å². The predicted molar refractivity (Wildman–Crippen MR) is 174 cm³/mol. The van der Waals surface area contributed by atoms with Crippen molar-refractivity contribution in [2.75, 3.05) is 20.2 Å². The number of rotatable bonds is 7. The average molecular weight is 662 g/mol. The summed E-state index contributed by atoms with van der Waals surface area (Å²) in [6.45, 7) is 19.4. The number of ether oxygens (including phenoxy) is 3. The summed E-state index contributed by atoms with van der Waals surface area (Å²) in [6, 6.07) is -1.38. The van der Waals surface area contributed by atoms with Gasteiger partial charge in [0.15, 0.2) is 0 Å². The van der Waals surface area contributed by atoms with Crippen LogP contribution in [0, 0.1) is 23.2 Å². The number of likely N-dealkylation sites (tertiary alicyclic amines) is 2. The maximum Gasteiger partial charge on any atom is 0.457 e. The van der Waals surface area contributed by atoms with Gasteiger partial charge >= 0.3 is 25.3 Å². The third-order valence-electron chi connectivity index (χ3n) is 11.6. The van der Waals surface area contributed by atoms with Crippen LogP contribution < -0.4 is 5.32 Å². The molecule has 6 aliphatic rings. The Balaban J connectivity index is 1.35. The van der Waals surface area contributed by atoms with Crippen molar-refractivity contribution in [3.8, 4) is 0 Å². The molecular formula is C34H56BN3O9. The van der Waals surface area contributed by atoms with E-state index in [1.807, 2.05) is 0 Å². The molecule has 47 heavy (non-hydrogen) atoms. The molecule has 3 aliphatic carbocycles. The molecule has 1 unspecified atom stereocenters. The Kier molecular flexibility index (Phi) is 9.21. The highest BCUT2D eigenvalue weighted by Crippen LogP contribution is 2.66. The monoisotopic (exact) mass is 661 g/mol. The number of hydrogen-bond donors (Lipinski definition) is 1. The lowest BCUT2D eigenvalue weighted by molar-refractivity contribution is -0.199. The summed E-state index contributed by atoms with van der Waals surface area (Å²) in [4.78, 5) is 57.0. The van der Waals surface area contributed by atoms with Crippen molar-refractivity contribution in [1.82, 2.24) is 15.1 Å². The molecule has 8 atom stereocenters. The second-order valence-electron chi connectivity index (χ2n) is 17.2. The smallest absolute Gasteiger partial charge is 0.457 e. The maximum absolute atomic E-state index is 13.9. The minimum atomic E-state index is -1.30. The molecule has 4 bridgehead atoms. The van der Waals surface area contributed by atoms with E-state index in [2.05, 4.69) is 26.1 Å². The molecule has 6 rings (SSSR count). The number of nitrogens with one attached hydrogen (secondary N) is 1. The SMILES string of the molecule is COC(=O)C12CCN(C(=O)[C@H](C)NC(=O)OC(C)(C)C)[C@@H](CN1C(=O)OC(C)(C)C)[C@H]2CCCB1O[C@@H]2C[C@@H]3C[C@@H](C3(C)C)[C@]2(C)O1. The van der Waals surface area contributed by atoms with Crippen LogP contribution in [0.3, 0.4) is 0 Å². The summed E-state index contributed by atoms with van der Waals surface area (Å²) >= 11 is 0. The van der Waals surface area contributed by atoms with Crippen molar-refractivity contribution in [3.05, 3.63) is 0 Å². The highest BCUT2D eigenvalue weighted by molar-refractivity contribution is 6.45. The number of amides is 3. The molecule has 3 heterocycles. The third kappa shape index (κ3) is 6.35. The van der Waals surface area contributed by atoms with E-state index in [1.54, 1.807) is 53.4 Å². The van der Waals surface area contributed by atoms with E-state index in [4.69, 9.17) is 23.5 Å². The van der Waals surface area contributed by atoms with Crippen molar-refractivity contribution in [3.63, 3.8) is 0 Å². The highest BCUT2D eigenvalue weighted by Gasteiger charge is 2.68. The van der Waals surface area contributed by atoms with Gasteiger partial charge in [-0.15, -0.1) is 0 Å². The van der Waals surface area contributed by atoms with E-state index in [9.17, 15) is 19.2 Å². The van der Waals surface area contributed by atoms with Crippen molar-refractivity contribution in [1.29, 1.82) is 0 Å². The number of carbonyl (C=O) groups is 4. The Morgan fingerprint density at radius 2 is 1.68 bits per heavy atom. The van der Waals surface area contributed by atoms with Gasteiger partial charge in [0.25, 0.3) is 0 Å². The average Bonchev–Trinajstić information content (AvgIpc) is 3.38. The minimum Gasteiger partial charge on any atom is -0.467 e. The zero-order valence-corrected chi connectivity index (χ0v) is 30.3. The summed E-state index contributed by atoms with van der Waals surface area (Å²) in [5.74, 6) is -0.146. The van der Waals surface area contributed by atoms with Gasteiger partial charge in [-0.1, -0.05) is 20.3 Å². The van der Waals surface area contributed by atoms with Crippen molar-refractivity contribution in [2.24, 2.45) is 23.2 Å². The highest BCUT2D eigenvalue weighted by atomic mass is 16.7. The predicted octanol–water partition coefficient (Wildman–Crippen LogP) is 4.79. The van der Waals surface area contributed by atoms with Crippen LogP contribution in [0.1, 0.15) is 101 Å². The molecule has 3 saturated heterocycles. The Morgan fingerprint density at radius 1 is 1.02 bits per heavy atom. The van der Waals surface area contributed by atoms with Gasteiger partial charge in [-0.2, -0.15) is 0 Å². The Morgan fingerprint density at radius 3 is 2.28 bits per heavy atom. The van der Waals surface area contributed by atoms with Crippen LogP contribution in [0.25, 0.3) is 0 Å². The summed E-state index contributed by atoms with van der Waals surface area (Å²) < 4.78 is 29.7. The van der Waals surface area contributed by atoms with Gasteiger partial charge in [-0.05, 0) is 105 Å². The fourth-order valence-electron chi connectivity index (χ4n) is 9.26. The van der Waals surface area contributed by atoms with Gasteiger partial charge in [0.1, 0.15) is 22.8 Å². The van der Waals surface area contributed by atoms with E-state index in [-0.39, 0.29) is 49.7 Å². The molecule has 3 amide bonds. The summed E-state index contributed by atoms with van der Waals surface area (Å²) in [7, 11) is 0.974. The van der Waals surface area contributed by atoms with Crippen molar-refractivity contribution >= 4 is 31.2 Å². The quantitative estimate of drug-likeness (QED) is 0.232. The number of methoxy groups -OCH3 is 1. The lowest BCUT2D eigenvalue weighted by atomic mass is 9.43. The van der Waals surface area contributed by atoms with Crippen LogP contribution in [0.15, 0.2) is 0 Å². The topological polar surface area (TPSA) is 133 Å². The van der Waals surface area contributed by atoms with Crippen LogP contribution >= 0.6 is 0 Å². The Hall–Kier alpha value is -2.54. The van der Waals surface area contributed by atoms with Crippen LogP contribution in [0.2, 0.25) is 6.32 Å². The summed E-state index contributed by atoms with van der Waals surface area (Å²) in [5.41, 5.74) is -2.88. The van der Waals surface area contributed by atoms with Crippen LogP contribution in [0.4, 0.5) is 9.59 Å². The molecule has 0 radical (unpaired) electrons. The number of esters is 1. The zero-order valence-electron chi connectivity index (χ0n) is 30.3. The fourth-order valence-corrected chi connectivity index (χ4v) is 9.26. The molecule has 0 aromatic rings. The Bertz CT molecular complexity index is 1260. The summed E-state index contributed by atoms with van der Waals surface area (Å²) in [5, 5.41) is 2.65. The first-order valence-corrected chi connectivity index (χ1v) is 17.4. The van der Waals surface area contributed by atoms with E-state index in [0.29, 0.717) is 31.0 Å². The molecule has 1 N–H and O–H groups in total. The third-order valence-corrected chi connectivity index (χ3v) is 11.6. The summed E-state index contributed by atoms with van der Waals surface area (Å²) in [6.07, 6.45) is 2.93. The van der Waals surface area contributed by atoms with E-state index in [0.717, 1.165) is 6.42 Å². The number of carbonyl (C=O) groups excluding carboxylic acids is 4. The number of nitrogens with zero attached hydrogens (tertiary/aromatic N) is 2. The standard InChI is InChI=1S/C34H56BN3O9/c1-20(36-28(41)44-30(2,3)4)26(39)37-16-14-34(27(40)43-11)22(23(37)19-38(34)29(42)45-31(5,6)7)13-12-15-35-46-25-18-21-17-24(32(21,8)9)33(25,10)47-35/h20-25H,12-19H2,1-11H3,(H,36,41)/t20-,21-,22+,23-,24-,25+,33-,34?/m0/s1. The second-order valence-corrected chi connectivity index (χ2v) is 17.2. The molecule has 6 fully saturated rings. The second kappa shape index (κ2) is 12.1. The van der Waals surface area contributed by atoms with Gasteiger partial charge in [0.2, 0.25) is 5.91 Å². The number of piperidine rings is 1. The number of fused-ring (bicyclic) bond motifs is 2. The zero-order chi connectivity index (χ0) is 34.9. The lowest BCUT2D eigenvalue weighted by Crippen LogP contribution is -2.65. The first-order valence-electron chi connectivity index (χ1n) is 17.4. The largest absolute Gasteiger partial charge is 0.467 e. The van der Waals surface area contributed by atoms with Crippen molar-refractivity contribution in [2.45, 2.75) is 148 Å². The molecule has 0 aromatic heterocycles. The molecule has 12 nitrogen and oxygen atoms in total. The molecule has 0 aromatic carbocycles. The Labute approximate surface area is 280 Å². The minimum absolute atomic E-state index is 0.0753. The molecule has 13 heteroatoms. The van der Waals surface area contributed by atoms with Gasteiger partial charge in [0.05, 0.1) is 24.9 Å². The molecule has 3 saturated carbocycles. The lowest BCUT2D eigenvalue weighted by Gasteiger charge is -2.64. The van der Waals surface area contributed by atoms with E-state index >= 15 is 0 Å². The molecule has 0 spiro atoms. The van der Waals surface area contributed by atoms with Crippen LogP contribution in [0.5, 0.6) is 0 Å². The first kappa shape index (κ1) is 35.8. The van der Waals surface area contributed by atoms with Crippen LogP contribution in [-0.2, 0) is 33.1 Å². The fraction of sp³-hybridized carbons (Fsp3) is 0.882. The van der Waals surface area contributed by atoms with Gasteiger partial charge < -0.3 is 33.7 Å². The molecule has 264 valence electrons. The normalized spacial score (nSPS) is 34.6.